The minimum absolute atomic E-state index is 0.0301. The number of amides is 2. The van der Waals surface area contributed by atoms with E-state index in [0.717, 1.165) is 6.54 Å². The zero-order chi connectivity index (χ0) is 18.0. The number of β-amino-alcohol motifs (C(OH)–C–C–N with tert-alkyl or cyclic N) is 1. The Morgan fingerprint density at radius 1 is 1.36 bits per heavy atom. The summed E-state index contributed by atoms with van der Waals surface area (Å²) in [5, 5.41) is 9.56. The lowest BCUT2D eigenvalue weighted by molar-refractivity contribution is -0.134. The van der Waals surface area contributed by atoms with E-state index in [9.17, 15) is 14.7 Å². The van der Waals surface area contributed by atoms with Gasteiger partial charge in [0.1, 0.15) is 12.3 Å². The molecule has 1 aromatic carbocycles. The minimum Gasteiger partial charge on any atom is -0.482 e. The average Bonchev–Trinajstić information content (AvgIpc) is 2.58. The normalized spacial score (nSPS) is 22.4. The highest BCUT2D eigenvalue weighted by atomic mass is 16.5. The van der Waals surface area contributed by atoms with Gasteiger partial charge in [-0.05, 0) is 26.0 Å². The highest BCUT2D eigenvalue weighted by Gasteiger charge is 2.31. The minimum atomic E-state index is -0.382. The van der Waals surface area contributed by atoms with Crippen LogP contribution in [0.4, 0.5) is 5.69 Å². The summed E-state index contributed by atoms with van der Waals surface area (Å²) in [4.78, 5) is 30.4. The Kier molecular flexibility index (Phi) is 5.24. The Labute approximate surface area is 147 Å². The van der Waals surface area contributed by atoms with Gasteiger partial charge in [-0.25, -0.2) is 0 Å². The second kappa shape index (κ2) is 7.41. The van der Waals surface area contributed by atoms with Crippen molar-refractivity contribution in [3.63, 3.8) is 0 Å². The average molecular weight is 347 g/mol. The largest absolute Gasteiger partial charge is 0.482 e. The van der Waals surface area contributed by atoms with Crippen molar-refractivity contribution < 1.29 is 19.4 Å². The van der Waals surface area contributed by atoms with Gasteiger partial charge in [-0.1, -0.05) is 12.1 Å². The van der Waals surface area contributed by atoms with Gasteiger partial charge in [-0.15, -0.1) is 0 Å². The van der Waals surface area contributed by atoms with Crippen molar-refractivity contribution in [1.82, 2.24) is 9.80 Å². The highest BCUT2D eigenvalue weighted by molar-refractivity contribution is 6.02. The summed E-state index contributed by atoms with van der Waals surface area (Å²) in [6.07, 6.45) is -0.382. The third-order valence-electron chi connectivity index (χ3n) is 4.72. The second-order valence-electron chi connectivity index (χ2n) is 6.77. The number of carbonyl (C=O) groups excluding carboxylic acids is 2. The third-order valence-corrected chi connectivity index (χ3v) is 4.72. The summed E-state index contributed by atoms with van der Waals surface area (Å²) < 4.78 is 5.41. The number of hydrogen-bond donors (Lipinski definition) is 1. The molecule has 0 bridgehead atoms. The zero-order valence-electron chi connectivity index (χ0n) is 14.7. The fourth-order valence-corrected chi connectivity index (χ4v) is 3.39. The molecular formula is C18H25N3O4. The highest BCUT2D eigenvalue weighted by Crippen LogP contribution is 2.31. The van der Waals surface area contributed by atoms with Gasteiger partial charge in [0.15, 0.2) is 6.61 Å². The van der Waals surface area contributed by atoms with Gasteiger partial charge in [0.25, 0.3) is 5.91 Å². The molecule has 3 rings (SSSR count). The molecule has 0 radical (unpaired) electrons. The van der Waals surface area contributed by atoms with Gasteiger partial charge in [0.05, 0.1) is 11.8 Å². The van der Waals surface area contributed by atoms with Gasteiger partial charge in [0.2, 0.25) is 5.91 Å². The van der Waals surface area contributed by atoms with Crippen molar-refractivity contribution in [2.45, 2.75) is 26.0 Å². The Bertz CT molecular complexity index is 649. The standard InChI is InChI=1S/C18H25N3O4/c1-13-9-20(8-7-19(13)10-14(2)22)17(23)11-21-15-5-3-4-6-16(15)25-12-18(21)24/h3-6,13-14,22H,7-12H2,1-2H3. The molecule has 2 atom stereocenters. The summed E-state index contributed by atoms with van der Waals surface area (Å²) in [7, 11) is 0. The Balaban J connectivity index is 1.64. The maximum absolute atomic E-state index is 12.7. The molecule has 2 aliphatic heterocycles. The van der Waals surface area contributed by atoms with E-state index < -0.39 is 0 Å². The molecular weight excluding hydrogens is 322 g/mol. The van der Waals surface area contributed by atoms with E-state index in [1.165, 1.54) is 4.90 Å². The third kappa shape index (κ3) is 3.93. The fourth-order valence-electron chi connectivity index (χ4n) is 3.39. The van der Waals surface area contributed by atoms with Crippen LogP contribution in [0.2, 0.25) is 0 Å². The van der Waals surface area contributed by atoms with Crippen molar-refractivity contribution >= 4 is 17.5 Å². The first kappa shape index (κ1) is 17.7. The first-order valence-electron chi connectivity index (χ1n) is 8.68. The second-order valence-corrected chi connectivity index (χ2v) is 6.77. The molecule has 0 aliphatic carbocycles. The van der Waals surface area contributed by atoms with Crippen molar-refractivity contribution in [3.8, 4) is 5.75 Å². The van der Waals surface area contributed by atoms with Gasteiger partial charge < -0.3 is 14.7 Å². The van der Waals surface area contributed by atoms with Crippen LogP contribution >= 0.6 is 0 Å². The van der Waals surface area contributed by atoms with Crippen molar-refractivity contribution in [3.05, 3.63) is 24.3 Å². The lowest BCUT2D eigenvalue weighted by Gasteiger charge is -2.41. The Morgan fingerprint density at radius 2 is 2.12 bits per heavy atom. The smallest absolute Gasteiger partial charge is 0.265 e. The van der Waals surface area contributed by atoms with E-state index in [2.05, 4.69) is 11.8 Å². The van der Waals surface area contributed by atoms with Crippen molar-refractivity contribution in [1.29, 1.82) is 0 Å². The lowest BCUT2D eigenvalue weighted by Crippen LogP contribution is -2.57. The quantitative estimate of drug-likeness (QED) is 0.850. The lowest BCUT2D eigenvalue weighted by atomic mass is 10.1. The number of fused-ring (bicyclic) bond motifs is 1. The number of anilines is 1. The first-order chi connectivity index (χ1) is 12.0. The molecule has 1 aromatic rings. The van der Waals surface area contributed by atoms with Gasteiger partial charge in [-0.3, -0.25) is 19.4 Å². The van der Waals surface area contributed by atoms with Crippen LogP contribution in [-0.2, 0) is 9.59 Å². The molecule has 2 aliphatic rings. The molecule has 2 amide bonds. The van der Waals surface area contributed by atoms with E-state index in [1.54, 1.807) is 24.0 Å². The topological polar surface area (TPSA) is 73.3 Å². The molecule has 2 heterocycles. The van der Waals surface area contributed by atoms with E-state index in [-0.39, 0.29) is 37.1 Å². The molecule has 7 nitrogen and oxygen atoms in total. The van der Waals surface area contributed by atoms with Crippen LogP contribution in [0.1, 0.15) is 13.8 Å². The van der Waals surface area contributed by atoms with Crippen LogP contribution < -0.4 is 9.64 Å². The summed E-state index contributed by atoms with van der Waals surface area (Å²) in [5.41, 5.74) is 0.646. The predicted molar refractivity (Wildman–Crippen MR) is 93.6 cm³/mol. The van der Waals surface area contributed by atoms with E-state index in [0.29, 0.717) is 31.1 Å². The molecule has 1 N–H and O–H groups in total. The number of aliphatic hydroxyl groups is 1. The Morgan fingerprint density at radius 3 is 2.84 bits per heavy atom. The number of aliphatic hydroxyl groups excluding tert-OH is 1. The maximum Gasteiger partial charge on any atom is 0.265 e. The molecule has 0 aromatic heterocycles. The number of benzene rings is 1. The van der Waals surface area contributed by atoms with Crippen LogP contribution in [0.25, 0.3) is 0 Å². The van der Waals surface area contributed by atoms with Crippen molar-refractivity contribution in [2.75, 3.05) is 44.2 Å². The molecule has 25 heavy (non-hydrogen) atoms. The molecule has 2 unspecified atom stereocenters. The SMILES string of the molecule is CC(O)CN1CCN(C(=O)CN2C(=O)COc3ccccc32)CC1C. The predicted octanol–water partition coefficient (Wildman–Crippen LogP) is 0.326. The molecule has 7 heteroatoms. The van der Waals surface area contributed by atoms with E-state index in [1.807, 2.05) is 12.1 Å². The summed E-state index contributed by atoms with van der Waals surface area (Å²) in [5.74, 6) is 0.367. The van der Waals surface area contributed by atoms with Crippen molar-refractivity contribution in [2.24, 2.45) is 0 Å². The number of ether oxygens (including phenoxy) is 1. The summed E-state index contributed by atoms with van der Waals surface area (Å²) >= 11 is 0. The number of para-hydroxylation sites is 2. The molecule has 1 fully saturated rings. The molecule has 136 valence electrons. The number of rotatable bonds is 4. The first-order valence-corrected chi connectivity index (χ1v) is 8.68. The van der Waals surface area contributed by atoms with Crippen LogP contribution in [0.3, 0.4) is 0 Å². The number of piperazine rings is 1. The zero-order valence-corrected chi connectivity index (χ0v) is 14.7. The van der Waals surface area contributed by atoms with E-state index in [4.69, 9.17) is 4.74 Å². The summed E-state index contributed by atoms with van der Waals surface area (Å²) in [6, 6.07) is 7.45. The monoisotopic (exact) mass is 347 g/mol. The van der Waals surface area contributed by atoms with Crippen LogP contribution in [0.5, 0.6) is 5.75 Å². The number of nitrogens with zero attached hydrogens (tertiary/aromatic N) is 3. The maximum atomic E-state index is 12.7. The van der Waals surface area contributed by atoms with Gasteiger partial charge >= 0.3 is 0 Å². The number of carbonyl (C=O) groups is 2. The molecule has 0 saturated carbocycles. The molecule has 1 saturated heterocycles. The number of hydrogen-bond acceptors (Lipinski definition) is 5. The Hall–Kier alpha value is -2.12. The molecule has 0 spiro atoms. The van der Waals surface area contributed by atoms with Gasteiger partial charge in [-0.2, -0.15) is 0 Å². The van der Waals surface area contributed by atoms with Crippen LogP contribution in [0.15, 0.2) is 24.3 Å². The van der Waals surface area contributed by atoms with E-state index >= 15 is 0 Å². The van der Waals surface area contributed by atoms with Crippen LogP contribution in [0, 0.1) is 0 Å². The summed E-state index contributed by atoms with van der Waals surface area (Å²) in [6.45, 7) is 6.36. The fraction of sp³-hybridized carbons (Fsp3) is 0.556. The van der Waals surface area contributed by atoms with Crippen LogP contribution in [-0.4, -0.2) is 78.2 Å². The van der Waals surface area contributed by atoms with Gasteiger partial charge in [0, 0.05) is 32.2 Å².